The molecule has 1 fully saturated rings. The van der Waals surface area contributed by atoms with Gasteiger partial charge in [-0.25, -0.2) is 0 Å². The fourth-order valence-electron chi connectivity index (χ4n) is 2.76. The first kappa shape index (κ1) is 14.4. The van der Waals surface area contributed by atoms with Gasteiger partial charge in [0.25, 0.3) is 0 Å². The molecule has 0 spiro atoms. The first-order valence-electron chi connectivity index (χ1n) is 7.09. The Balaban J connectivity index is 1.84. The summed E-state index contributed by atoms with van der Waals surface area (Å²) in [6, 6.07) is 5.55. The Morgan fingerprint density at radius 2 is 1.76 bits per heavy atom. The highest BCUT2D eigenvalue weighted by Crippen LogP contribution is 2.38. The van der Waals surface area contributed by atoms with Crippen molar-refractivity contribution in [3.8, 4) is 0 Å². The van der Waals surface area contributed by atoms with E-state index in [1.54, 1.807) is 6.07 Å². The van der Waals surface area contributed by atoms with Gasteiger partial charge in [-0.1, -0.05) is 6.07 Å². The van der Waals surface area contributed by atoms with E-state index in [1.165, 1.54) is 0 Å². The monoisotopic (exact) mass is 308 g/mol. The topological polar surface area (TPSA) is 67.4 Å². The summed E-state index contributed by atoms with van der Waals surface area (Å²) in [6.45, 7) is 1.48. The van der Waals surface area contributed by atoms with Crippen LogP contribution >= 0.6 is 11.6 Å². The van der Waals surface area contributed by atoms with Crippen molar-refractivity contribution in [1.29, 1.82) is 0 Å². The highest BCUT2D eigenvalue weighted by atomic mass is 35.5. The van der Waals surface area contributed by atoms with Crippen molar-refractivity contribution in [2.24, 2.45) is 5.92 Å². The molecule has 3 rings (SSSR count). The molecule has 0 saturated carbocycles. The van der Waals surface area contributed by atoms with Gasteiger partial charge in [0.05, 0.1) is 16.8 Å². The molecule has 1 atom stereocenters. The lowest BCUT2D eigenvalue weighted by molar-refractivity contribution is -0.123. The highest BCUT2D eigenvalue weighted by Gasteiger charge is 2.25. The Bertz CT molecular complexity index is 570. The van der Waals surface area contributed by atoms with Crippen molar-refractivity contribution in [2.75, 3.05) is 23.8 Å². The van der Waals surface area contributed by atoms with Gasteiger partial charge in [-0.15, -0.1) is 11.6 Å². The lowest BCUT2D eigenvalue weighted by Gasteiger charge is -2.27. The molecule has 2 amide bonds. The van der Waals surface area contributed by atoms with Crippen LogP contribution in [0.3, 0.4) is 0 Å². The van der Waals surface area contributed by atoms with Gasteiger partial charge in [-0.2, -0.15) is 0 Å². The molecule has 1 unspecified atom stereocenters. The van der Waals surface area contributed by atoms with Crippen molar-refractivity contribution in [3.05, 3.63) is 23.8 Å². The predicted octanol–water partition coefficient (Wildman–Crippen LogP) is 2.67. The van der Waals surface area contributed by atoms with E-state index in [9.17, 15) is 9.59 Å². The Labute approximate surface area is 128 Å². The number of halogens is 1. The van der Waals surface area contributed by atoms with E-state index in [0.717, 1.165) is 31.6 Å². The first-order chi connectivity index (χ1) is 10.1. The molecule has 6 heteroatoms. The summed E-state index contributed by atoms with van der Waals surface area (Å²) < 4.78 is 5.36. The van der Waals surface area contributed by atoms with Crippen LogP contribution in [0, 0.1) is 5.92 Å². The molecule has 5 nitrogen and oxygen atoms in total. The molecular weight excluding hydrogens is 292 g/mol. The number of hydrogen-bond donors (Lipinski definition) is 2. The van der Waals surface area contributed by atoms with Crippen LogP contribution in [-0.4, -0.2) is 25.0 Å². The van der Waals surface area contributed by atoms with E-state index in [1.807, 2.05) is 12.1 Å². The molecule has 112 valence electrons. The SMILES string of the molecule is O=C1CC(=O)Nc2cc(C(Cl)C3CCOCC3)ccc2N1. The minimum atomic E-state index is -0.305. The molecule has 0 aromatic heterocycles. The van der Waals surface area contributed by atoms with Crippen molar-refractivity contribution in [2.45, 2.75) is 24.6 Å². The molecular formula is C15H17ClN2O3. The summed E-state index contributed by atoms with van der Waals surface area (Å²) in [5.41, 5.74) is 2.19. The van der Waals surface area contributed by atoms with Crippen LogP contribution in [0.15, 0.2) is 18.2 Å². The van der Waals surface area contributed by atoms with Gasteiger partial charge in [0.1, 0.15) is 6.42 Å². The van der Waals surface area contributed by atoms with Gasteiger partial charge in [0, 0.05) is 13.2 Å². The second-order valence-corrected chi connectivity index (χ2v) is 5.90. The molecule has 2 heterocycles. The first-order valence-corrected chi connectivity index (χ1v) is 7.52. The molecule has 2 N–H and O–H groups in total. The molecule has 1 aromatic rings. The summed E-state index contributed by atoms with van der Waals surface area (Å²) in [7, 11) is 0. The fourth-order valence-corrected chi connectivity index (χ4v) is 3.15. The predicted molar refractivity (Wildman–Crippen MR) is 80.5 cm³/mol. The number of alkyl halides is 1. The zero-order chi connectivity index (χ0) is 14.8. The van der Waals surface area contributed by atoms with Crippen LogP contribution in [0.1, 0.15) is 30.2 Å². The summed E-state index contributed by atoms with van der Waals surface area (Å²) in [5.74, 6) is -0.235. The molecule has 1 aromatic carbocycles. The quantitative estimate of drug-likeness (QED) is 0.652. The number of benzene rings is 1. The van der Waals surface area contributed by atoms with Crippen LogP contribution in [0.2, 0.25) is 0 Å². The molecule has 2 aliphatic heterocycles. The third-order valence-corrected chi connectivity index (χ3v) is 4.52. The zero-order valence-corrected chi connectivity index (χ0v) is 12.3. The summed E-state index contributed by atoms with van der Waals surface area (Å²) in [6.07, 6.45) is 1.72. The standard InChI is InChI=1S/C15H17ClN2O3/c16-15(9-3-5-21-6-4-9)10-1-2-11-12(7-10)18-14(20)8-13(19)17-11/h1-2,7,9,15H,3-6,8H2,(H,17,19)(H,18,20). The van der Waals surface area contributed by atoms with Crippen LogP contribution in [0.5, 0.6) is 0 Å². The molecule has 0 radical (unpaired) electrons. The van der Waals surface area contributed by atoms with Gasteiger partial charge in [0.15, 0.2) is 0 Å². The average Bonchev–Trinajstić information content (AvgIpc) is 2.63. The lowest BCUT2D eigenvalue weighted by Crippen LogP contribution is -2.19. The third-order valence-electron chi connectivity index (χ3n) is 3.91. The van der Waals surface area contributed by atoms with Crippen LogP contribution < -0.4 is 10.6 Å². The second-order valence-electron chi connectivity index (χ2n) is 5.43. The number of amides is 2. The molecule has 0 bridgehead atoms. The van der Waals surface area contributed by atoms with E-state index < -0.39 is 0 Å². The van der Waals surface area contributed by atoms with Crippen LogP contribution in [-0.2, 0) is 14.3 Å². The van der Waals surface area contributed by atoms with Crippen LogP contribution in [0.25, 0.3) is 0 Å². The number of nitrogens with one attached hydrogen (secondary N) is 2. The fraction of sp³-hybridized carbons (Fsp3) is 0.467. The van der Waals surface area contributed by atoms with Gasteiger partial charge in [-0.05, 0) is 36.5 Å². The number of hydrogen-bond acceptors (Lipinski definition) is 3. The second kappa shape index (κ2) is 6.03. The van der Waals surface area contributed by atoms with Crippen LogP contribution in [0.4, 0.5) is 11.4 Å². The van der Waals surface area contributed by atoms with Crippen molar-refractivity contribution in [1.82, 2.24) is 0 Å². The largest absolute Gasteiger partial charge is 0.381 e. The van der Waals surface area contributed by atoms with Gasteiger partial charge >= 0.3 is 0 Å². The normalized spacial score (nSPS) is 21.0. The Morgan fingerprint density at radius 3 is 2.48 bits per heavy atom. The summed E-state index contributed by atoms with van der Waals surface area (Å²) in [5, 5.41) is 5.34. The number of carbonyl (C=O) groups excluding carboxylic acids is 2. The van der Waals surface area contributed by atoms with Gasteiger partial charge in [-0.3, -0.25) is 9.59 Å². The minimum absolute atomic E-state index is 0.116. The number of carbonyl (C=O) groups is 2. The molecule has 21 heavy (non-hydrogen) atoms. The Hall–Kier alpha value is -1.59. The minimum Gasteiger partial charge on any atom is -0.381 e. The van der Waals surface area contributed by atoms with Gasteiger partial charge in [0.2, 0.25) is 11.8 Å². The third kappa shape index (κ3) is 3.19. The van der Waals surface area contributed by atoms with E-state index >= 15 is 0 Å². The summed E-state index contributed by atoms with van der Waals surface area (Å²) >= 11 is 6.58. The molecule has 2 aliphatic rings. The maximum Gasteiger partial charge on any atom is 0.233 e. The van der Waals surface area contributed by atoms with E-state index in [0.29, 0.717) is 17.3 Å². The molecule has 0 aliphatic carbocycles. The maximum atomic E-state index is 11.6. The number of ether oxygens (including phenoxy) is 1. The van der Waals surface area contributed by atoms with Crippen molar-refractivity contribution < 1.29 is 14.3 Å². The summed E-state index contributed by atoms with van der Waals surface area (Å²) in [4.78, 5) is 23.1. The van der Waals surface area contributed by atoms with E-state index in [-0.39, 0.29) is 23.6 Å². The maximum absolute atomic E-state index is 11.6. The van der Waals surface area contributed by atoms with Crippen molar-refractivity contribution >= 4 is 34.8 Å². The number of fused-ring (bicyclic) bond motifs is 1. The average molecular weight is 309 g/mol. The Kier molecular flexibility index (Phi) is 4.12. The van der Waals surface area contributed by atoms with Gasteiger partial charge < -0.3 is 15.4 Å². The lowest BCUT2D eigenvalue weighted by atomic mass is 9.91. The number of anilines is 2. The smallest absolute Gasteiger partial charge is 0.233 e. The van der Waals surface area contributed by atoms with E-state index in [2.05, 4.69) is 10.6 Å². The zero-order valence-electron chi connectivity index (χ0n) is 11.5. The molecule has 1 saturated heterocycles. The highest BCUT2D eigenvalue weighted by molar-refractivity contribution is 6.21. The Morgan fingerprint density at radius 1 is 1.10 bits per heavy atom. The number of rotatable bonds is 2. The van der Waals surface area contributed by atoms with Crippen molar-refractivity contribution in [3.63, 3.8) is 0 Å². The van der Waals surface area contributed by atoms with E-state index in [4.69, 9.17) is 16.3 Å².